The number of rotatable bonds is 63. The number of hydrogen-bond donors (Lipinski definition) is 6. The van der Waals surface area contributed by atoms with Gasteiger partial charge in [-0.3, -0.25) is 9.35 Å². The highest BCUT2D eigenvalue weighted by atomic mass is 32.3. The molecule has 7 unspecified atom stereocenters. The van der Waals surface area contributed by atoms with E-state index in [1.165, 1.54) is 289 Å². The predicted molar refractivity (Wildman–Crippen MR) is 333 cm³/mol. The van der Waals surface area contributed by atoms with Crippen LogP contribution in [-0.4, -0.2) is 95.4 Å². The molecule has 1 rings (SSSR count). The van der Waals surface area contributed by atoms with Gasteiger partial charge in [-0.15, -0.1) is 0 Å². The maximum absolute atomic E-state index is 13.2. The minimum atomic E-state index is -5.08. The fourth-order valence-corrected chi connectivity index (χ4v) is 12.3. The van der Waals surface area contributed by atoms with Crippen LogP contribution in [0.2, 0.25) is 0 Å². The van der Waals surface area contributed by atoms with Crippen LogP contribution in [0.5, 0.6) is 0 Å². The van der Waals surface area contributed by atoms with Crippen molar-refractivity contribution in [2.75, 3.05) is 13.2 Å². The Morgan fingerprint density at radius 1 is 0.450 bits per heavy atom. The molecule has 7 atom stereocenters. The van der Waals surface area contributed by atoms with Gasteiger partial charge in [0.1, 0.15) is 24.4 Å². The fraction of sp³-hybridized carbons (Fsp3) is 0.985. The smallest absolute Gasteiger partial charge is 0.394 e. The zero-order chi connectivity index (χ0) is 58.3. The number of nitrogens with one attached hydrogen (secondary N) is 1. The molecule has 0 aromatic heterocycles. The van der Waals surface area contributed by atoms with Crippen LogP contribution in [0.4, 0.5) is 0 Å². The van der Waals surface area contributed by atoms with Gasteiger partial charge < -0.3 is 35.2 Å². The van der Waals surface area contributed by atoms with Gasteiger partial charge in [-0.05, 0) is 12.8 Å². The Morgan fingerprint density at radius 2 is 0.725 bits per heavy atom. The Hall–Kier alpha value is -0.900. The van der Waals surface area contributed by atoms with E-state index in [0.29, 0.717) is 12.8 Å². The topological polar surface area (TPSA) is 192 Å². The molecule has 1 aliphatic heterocycles. The van der Waals surface area contributed by atoms with E-state index in [1.807, 2.05) is 0 Å². The summed E-state index contributed by atoms with van der Waals surface area (Å²) in [5.74, 6) is -0.221. The lowest BCUT2D eigenvalue weighted by Crippen LogP contribution is -2.61. The molecule has 0 radical (unpaired) electrons. The van der Waals surface area contributed by atoms with Gasteiger partial charge >= 0.3 is 10.4 Å². The molecule has 80 heavy (non-hydrogen) atoms. The molecule has 6 N–H and O–H groups in total. The minimum absolute atomic E-state index is 0.221. The molecule has 478 valence electrons. The molecule has 1 saturated heterocycles. The number of amides is 1. The summed E-state index contributed by atoms with van der Waals surface area (Å²) in [7, 11) is -5.08. The SMILES string of the molecule is CCCCCCCCCCCCCCCCCCCCCCCCCCCCCCCCCCCCCCCCCC(=O)NC(COC1OC(CO)C(O)C(OS(=O)(=O)O)C1O)C(O)CCCCCCCCCCCCCCCC. The Morgan fingerprint density at radius 3 is 1.00 bits per heavy atom. The van der Waals surface area contributed by atoms with E-state index in [2.05, 4.69) is 23.3 Å². The second kappa shape index (κ2) is 57.2. The van der Waals surface area contributed by atoms with Crippen molar-refractivity contribution in [3.63, 3.8) is 0 Å². The van der Waals surface area contributed by atoms with Crippen molar-refractivity contribution in [3.8, 4) is 0 Å². The van der Waals surface area contributed by atoms with Gasteiger partial charge in [-0.2, -0.15) is 8.42 Å². The molecule has 0 aromatic carbocycles. The average Bonchev–Trinajstić information content (AvgIpc) is 3.47. The van der Waals surface area contributed by atoms with Gasteiger partial charge in [-0.25, -0.2) is 4.18 Å². The van der Waals surface area contributed by atoms with Gasteiger partial charge in [0.05, 0.1) is 25.4 Å². The Kier molecular flexibility index (Phi) is 55.1. The van der Waals surface area contributed by atoms with Gasteiger partial charge in [0.2, 0.25) is 5.91 Å². The van der Waals surface area contributed by atoms with Gasteiger partial charge in [0, 0.05) is 6.42 Å². The van der Waals surface area contributed by atoms with E-state index in [9.17, 15) is 38.2 Å². The summed E-state index contributed by atoms with van der Waals surface area (Å²) in [6.45, 7) is 3.51. The van der Waals surface area contributed by atoms with E-state index in [-0.39, 0.29) is 12.5 Å². The van der Waals surface area contributed by atoms with Crippen molar-refractivity contribution >= 4 is 16.3 Å². The molecule has 0 aromatic rings. The van der Waals surface area contributed by atoms with Crippen LogP contribution in [0.25, 0.3) is 0 Å². The third-order valence-electron chi connectivity index (χ3n) is 17.2. The van der Waals surface area contributed by atoms with Crippen molar-refractivity contribution in [1.29, 1.82) is 0 Å². The maximum atomic E-state index is 13.2. The lowest BCUT2D eigenvalue weighted by atomic mass is 9.99. The van der Waals surface area contributed by atoms with Crippen LogP contribution in [0.1, 0.15) is 367 Å². The van der Waals surface area contributed by atoms with Crippen molar-refractivity contribution in [2.24, 2.45) is 0 Å². The first-order valence-electron chi connectivity index (χ1n) is 34.9. The molecule has 1 heterocycles. The average molecular weight is 1160 g/mol. The lowest BCUT2D eigenvalue weighted by molar-refractivity contribution is -0.298. The third kappa shape index (κ3) is 48.3. The second-order valence-corrected chi connectivity index (χ2v) is 25.9. The van der Waals surface area contributed by atoms with Gasteiger partial charge in [-0.1, -0.05) is 348 Å². The van der Waals surface area contributed by atoms with E-state index in [1.54, 1.807) is 0 Å². The van der Waals surface area contributed by atoms with Crippen LogP contribution in [-0.2, 0) is 28.9 Å². The van der Waals surface area contributed by atoms with E-state index in [0.717, 1.165) is 51.4 Å². The molecule has 1 amide bonds. The number of unbranched alkanes of at least 4 members (excludes halogenated alkanes) is 51. The number of aliphatic hydroxyl groups is 4. The molecular formula is C67H133NO11S. The first kappa shape index (κ1) is 77.1. The number of hydrogen-bond acceptors (Lipinski definition) is 10. The quantitative estimate of drug-likeness (QED) is 0.0251. The molecule has 1 aliphatic rings. The van der Waals surface area contributed by atoms with Crippen molar-refractivity contribution in [2.45, 2.75) is 410 Å². The van der Waals surface area contributed by atoms with Crippen molar-refractivity contribution < 1.29 is 51.8 Å². The molecule has 0 bridgehead atoms. The summed E-state index contributed by atoms with van der Waals surface area (Å²) in [5, 5.41) is 45.2. The van der Waals surface area contributed by atoms with Crippen LogP contribution < -0.4 is 5.32 Å². The first-order chi connectivity index (χ1) is 39.0. The zero-order valence-corrected chi connectivity index (χ0v) is 53.3. The predicted octanol–water partition coefficient (Wildman–Crippen LogP) is 18.0. The number of aliphatic hydroxyl groups excluding tert-OH is 4. The molecule has 0 spiro atoms. The highest BCUT2D eigenvalue weighted by molar-refractivity contribution is 7.80. The summed E-state index contributed by atoms with van der Waals surface area (Å²) in [4.78, 5) is 13.2. The Balaban J connectivity index is 2.09. The molecular weight excluding hydrogens is 1030 g/mol. The number of ether oxygens (including phenoxy) is 2. The molecule has 12 nitrogen and oxygen atoms in total. The summed E-state index contributed by atoms with van der Waals surface area (Å²) in [6.07, 6.45) is 61.7. The molecule has 1 fully saturated rings. The van der Waals surface area contributed by atoms with Crippen LogP contribution in [0.15, 0.2) is 0 Å². The summed E-state index contributed by atoms with van der Waals surface area (Å²) < 4.78 is 48.0. The molecule has 0 aliphatic carbocycles. The van der Waals surface area contributed by atoms with Crippen molar-refractivity contribution in [3.05, 3.63) is 0 Å². The minimum Gasteiger partial charge on any atom is -0.394 e. The normalized spacial score (nSPS) is 18.5. The highest BCUT2D eigenvalue weighted by Crippen LogP contribution is 2.27. The highest BCUT2D eigenvalue weighted by Gasteiger charge is 2.48. The summed E-state index contributed by atoms with van der Waals surface area (Å²) in [6, 6.07) is -0.853. The van der Waals surface area contributed by atoms with Crippen molar-refractivity contribution in [1.82, 2.24) is 5.32 Å². The van der Waals surface area contributed by atoms with E-state index >= 15 is 0 Å². The van der Waals surface area contributed by atoms with Gasteiger partial charge in [0.15, 0.2) is 6.29 Å². The lowest BCUT2D eigenvalue weighted by Gasteiger charge is -2.41. The summed E-state index contributed by atoms with van der Waals surface area (Å²) in [5.41, 5.74) is 0. The third-order valence-corrected chi connectivity index (χ3v) is 17.6. The van der Waals surface area contributed by atoms with E-state index < -0.39 is 59.9 Å². The summed E-state index contributed by atoms with van der Waals surface area (Å²) >= 11 is 0. The number of carbonyl (C=O) groups is 1. The van der Waals surface area contributed by atoms with Gasteiger partial charge in [0.25, 0.3) is 0 Å². The van der Waals surface area contributed by atoms with Crippen LogP contribution in [0.3, 0.4) is 0 Å². The standard InChI is InChI=1S/C67H133NO11S/c1-3-5-7-9-11-13-15-17-19-20-21-22-23-24-25-26-27-28-29-30-31-32-33-34-35-36-37-38-39-40-41-42-43-45-47-49-51-53-55-57-63(71)68-60(59-77-67-65(73)66(79-80(74,75)76)64(72)62(58-69)78-67)61(70)56-54-52-50-48-46-44-18-16-14-12-10-8-6-4-2/h60-62,64-67,69-70,72-73H,3-59H2,1-2H3,(H,68,71)(H,74,75,76). The second-order valence-electron chi connectivity index (χ2n) is 24.8. The van der Waals surface area contributed by atoms with Crippen LogP contribution in [0, 0.1) is 0 Å². The fourth-order valence-electron chi connectivity index (χ4n) is 11.8. The molecule has 13 heteroatoms. The van der Waals surface area contributed by atoms with E-state index in [4.69, 9.17) is 9.47 Å². The number of carbonyl (C=O) groups excluding carboxylic acids is 1. The zero-order valence-electron chi connectivity index (χ0n) is 52.4. The largest absolute Gasteiger partial charge is 0.397 e. The maximum Gasteiger partial charge on any atom is 0.397 e. The Bertz CT molecular complexity index is 1410. The molecule has 0 saturated carbocycles. The van der Waals surface area contributed by atoms with Crippen LogP contribution >= 0.6 is 0 Å². The monoisotopic (exact) mass is 1160 g/mol. The Labute approximate surface area is 494 Å². The first-order valence-corrected chi connectivity index (χ1v) is 36.3.